The molecule has 43 heavy (non-hydrogen) atoms. The number of likely N-dealkylation sites (N-methyl/N-ethyl adjacent to an activating group) is 1. The summed E-state index contributed by atoms with van der Waals surface area (Å²) in [5.41, 5.74) is 2.13. The fourth-order valence-electron chi connectivity index (χ4n) is 5.17. The SMILES string of the molecule is Cc1ccc(C(=O)Nc2ccc(CN3CCN(C)CC3)c(C(F)(F)F)c2)cc1C#Cc1cnc(N(C)C)c2ccccc12. The molecule has 0 spiro atoms. The summed E-state index contributed by atoms with van der Waals surface area (Å²) in [6.45, 7) is 5.15. The molecule has 0 bridgehead atoms. The van der Waals surface area contributed by atoms with Crippen LogP contribution in [0.25, 0.3) is 10.8 Å². The Bertz CT molecular complexity index is 1710. The molecule has 1 fully saturated rings. The molecule has 1 aliphatic rings. The lowest BCUT2D eigenvalue weighted by Crippen LogP contribution is -2.44. The Hall–Kier alpha value is -4.39. The van der Waals surface area contributed by atoms with Gasteiger partial charge in [0, 0.05) is 80.6 Å². The van der Waals surface area contributed by atoms with E-state index in [0.29, 0.717) is 24.2 Å². The van der Waals surface area contributed by atoms with E-state index in [2.05, 4.69) is 27.0 Å². The Labute approximate surface area is 250 Å². The summed E-state index contributed by atoms with van der Waals surface area (Å²) in [6.07, 6.45) is -2.80. The number of alkyl halides is 3. The molecule has 0 aliphatic carbocycles. The average molecular weight is 586 g/mol. The first-order valence-corrected chi connectivity index (χ1v) is 14.1. The van der Waals surface area contributed by atoms with Crippen LogP contribution in [0.3, 0.4) is 0 Å². The fraction of sp³-hybridized carbons (Fsp3) is 0.294. The number of pyridine rings is 1. The van der Waals surface area contributed by atoms with E-state index in [1.165, 1.54) is 12.1 Å². The average Bonchev–Trinajstić information content (AvgIpc) is 2.97. The van der Waals surface area contributed by atoms with E-state index in [1.54, 1.807) is 24.4 Å². The van der Waals surface area contributed by atoms with Crippen LogP contribution in [0, 0.1) is 18.8 Å². The lowest BCUT2D eigenvalue weighted by molar-refractivity contribution is -0.138. The maximum absolute atomic E-state index is 14.0. The number of hydrogen-bond donors (Lipinski definition) is 1. The van der Waals surface area contributed by atoms with Crippen LogP contribution < -0.4 is 10.2 Å². The minimum atomic E-state index is -4.54. The van der Waals surface area contributed by atoms with E-state index in [1.807, 2.05) is 62.1 Å². The van der Waals surface area contributed by atoms with Crippen molar-refractivity contribution in [2.75, 3.05) is 57.5 Å². The molecular formula is C34H34F3N5O. The molecule has 1 saturated heterocycles. The van der Waals surface area contributed by atoms with Gasteiger partial charge in [0.15, 0.2) is 0 Å². The van der Waals surface area contributed by atoms with E-state index >= 15 is 0 Å². The highest BCUT2D eigenvalue weighted by atomic mass is 19.4. The maximum Gasteiger partial charge on any atom is 0.416 e. The van der Waals surface area contributed by atoms with Crippen LogP contribution >= 0.6 is 0 Å². The van der Waals surface area contributed by atoms with Gasteiger partial charge in [-0.1, -0.05) is 48.2 Å². The first-order valence-electron chi connectivity index (χ1n) is 14.1. The quantitative estimate of drug-likeness (QED) is 0.290. The van der Waals surface area contributed by atoms with Crippen molar-refractivity contribution in [1.29, 1.82) is 0 Å². The van der Waals surface area contributed by atoms with E-state index in [-0.39, 0.29) is 17.8 Å². The molecule has 1 N–H and O–H groups in total. The molecule has 1 amide bonds. The molecule has 2 heterocycles. The normalized spacial score (nSPS) is 14.3. The van der Waals surface area contributed by atoms with Gasteiger partial charge in [0.25, 0.3) is 5.91 Å². The highest BCUT2D eigenvalue weighted by Crippen LogP contribution is 2.35. The number of benzene rings is 3. The smallest absolute Gasteiger partial charge is 0.362 e. The number of fused-ring (bicyclic) bond motifs is 1. The lowest BCUT2D eigenvalue weighted by atomic mass is 10.0. The molecular weight excluding hydrogens is 551 g/mol. The third kappa shape index (κ3) is 6.99. The maximum atomic E-state index is 14.0. The zero-order valence-corrected chi connectivity index (χ0v) is 24.7. The number of aryl methyl sites for hydroxylation is 1. The third-order valence-corrected chi connectivity index (χ3v) is 7.69. The molecule has 1 aromatic heterocycles. The first-order chi connectivity index (χ1) is 20.5. The van der Waals surface area contributed by atoms with Gasteiger partial charge in [0.05, 0.1) is 11.1 Å². The van der Waals surface area contributed by atoms with E-state index in [0.717, 1.165) is 46.9 Å². The van der Waals surface area contributed by atoms with Crippen molar-refractivity contribution in [3.8, 4) is 11.8 Å². The Morgan fingerprint density at radius 2 is 1.65 bits per heavy atom. The molecule has 0 saturated carbocycles. The minimum Gasteiger partial charge on any atom is -0.362 e. The van der Waals surface area contributed by atoms with Crippen LogP contribution in [0.15, 0.2) is 66.9 Å². The van der Waals surface area contributed by atoms with E-state index in [9.17, 15) is 18.0 Å². The molecule has 222 valence electrons. The van der Waals surface area contributed by atoms with Gasteiger partial charge in [-0.15, -0.1) is 0 Å². The molecule has 0 unspecified atom stereocenters. The molecule has 6 nitrogen and oxygen atoms in total. The second-order valence-corrected chi connectivity index (χ2v) is 11.1. The van der Waals surface area contributed by atoms with Gasteiger partial charge >= 0.3 is 6.18 Å². The highest BCUT2D eigenvalue weighted by Gasteiger charge is 2.34. The number of nitrogens with zero attached hydrogens (tertiary/aromatic N) is 4. The Balaban J connectivity index is 1.38. The second-order valence-electron chi connectivity index (χ2n) is 11.1. The van der Waals surface area contributed by atoms with Crippen LogP contribution in [0.1, 0.15) is 38.2 Å². The minimum absolute atomic E-state index is 0.0891. The molecule has 0 radical (unpaired) electrons. The lowest BCUT2D eigenvalue weighted by Gasteiger charge is -2.33. The molecule has 9 heteroatoms. The van der Waals surface area contributed by atoms with Crippen molar-refractivity contribution < 1.29 is 18.0 Å². The predicted molar refractivity (Wildman–Crippen MR) is 165 cm³/mol. The molecule has 0 atom stereocenters. The van der Waals surface area contributed by atoms with Gasteiger partial charge in [-0.25, -0.2) is 4.98 Å². The van der Waals surface area contributed by atoms with Gasteiger partial charge in [-0.2, -0.15) is 13.2 Å². The molecule has 1 aliphatic heterocycles. The van der Waals surface area contributed by atoms with Crippen LogP contribution in [-0.4, -0.2) is 68.0 Å². The van der Waals surface area contributed by atoms with Gasteiger partial charge in [0.2, 0.25) is 0 Å². The highest BCUT2D eigenvalue weighted by molar-refractivity contribution is 6.04. The van der Waals surface area contributed by atoms with Crippen LogP contribution in [-0.2, 0) is 12.7 Å². The van der Waals surface area contributed by atoms with Crippen molar-refractivity contribution in [2.45, 2.75) is 19.6 Å². The largest absolute Gasteiger partial charge is 0.416 e. The van der Waals surface area contributed by atoms with Gasteiger partial charge < -0.3 is 15.1 Å². The summed E-state index contributed by atoms with van der Waals surface area (Å²) in [5.74, 6) is 6.70. The monoisotopic (exact) mass is 585 g/mol. The molecule has 4 aromatic rings. The van der Waals surface area contributed by atoms with Gasteiger partial charge in [-0.05, 0) is 49.4 Å². The van der Waals surface area contributed by atoms with Crippen LogP contribution in [0.5, 0.6) is 0 Å². The summed E-state index contributed by atoms with van der Waals surface area (Å²) < 4.78 is 42.1. The number of hydrogen-bond acceptors (Lipinski definition) is 5. The fourth-order valence-corrected chi connectivity index (χ4v) is 5.17. The predicted octanol–water partition coefficient (Wildman–Crippen LogP) is 6.03. The van der Waals surface area contributed by atoms with E-state index < -0.39 is 17.6 Å². The molecule has 5 rings (SSSR count). The van der Waals surface area contributed by atoms with Crippen molar-refractivity contribution in [1.82, 2.24) is 14.8 Å². The zero-order chi connectivity index (χ0) is 30.7. The van der Waals surface area contributed by atoms with Crippen molar-refractivity contribution in [3.05, 3.63) is 100 Å². The second kappa shape index (κ2) is 12.5. The number of anilines is 2. The summed E-state index contributed by atoms with van der Waals surface area (Å²) in [4.78, 5) is 23.9. The number of carbonyl (C=O) groups is 1. The van der Waals surface area contributed by atoms with E-state index in [4.69, 9.17) is 0 Å². The summed E-state index contributed by atoms with van der Waals surface area (Å²) in [6, 6.07) is 17.0. The number of carbonyl (C=O) groups excluding carboxylic acids is 1. The number of aromatic nitrogens is 1. The van der Waals surface area contributed by atoms with Gasteiger partial charge in [-0.3, -0.25) is 9.69 Å². The Kier molecular flexibility index (Phi) is 8.71. The third-order valence-electron chi connectivity index (χ3n) is 7.69. The van der Waals surface area contributed by atoms with Crippen molar-refractivity contribution >= 4 is 28.2 Å². The number of piperazine rings is 1. The molecule has 3 aromatic carbocycles. The standard InChI is InChI=1S/C34H34F3N5O/c1-23-9-10-25(19-24(23)11-12-26-21-38-32(40(2)3)30-8-6-5-7-29(26)30)33(43)39-28-14-13-27(31(20-28)34(35,36)37)22-42-17-15-41(4)16-18-42/h5-10,13-14,19-21H,15-18,22H2,1-4H3,(H,39,43). The van der Waals surface area contributed by atoms with Crippen LogP contribution in [0.4, 0.5) is 24.7 Å². The first kappa shape index (κ1) is 30.1. The van der Waals surface area contributed by atoms with Crippen molar-refractivity contribution in [2.24, 2.45) is 0 Å². The summed E-state index contributed by atoms with van der Waals surface area (Å²) in [7, 11) is 5.88. The number of amides is 1. The topological polar surface area (TPSA) is 51.7 Å². The number of nitrogens with one attached hydrogen (secondary N) is 1. The van der Waals surface area contributed by atoms with Crippen molar-refractivity contribution in [3.63, 3.8) is 0 Å². The Morgan fingerprint density at radius 1 is 0.953 bits per heavy atom. The van der Waals surface area contributed by atoms with Gasteiger partial charge in [0.1, 0.15) is 5.82 Å². The zero-order valence-electron chi connectivity index (χ0n) is 24.7. The van der Waals surface area contributed by atoms with Crippen LogP contribution in [0.2, 0.25) is 0 Å². The Morgan fingerprint density at radius 3 is 2.35 bits per heavy atom. The number of rotatable bonds is 5. The number of halogens is 3. The summed E-state index contributed by atoms with van der Waals surface area (Å²) >= 11 is 0. The summed E-state index contributed by atoms with van der Waals surface area (Å²) in [5, 5.41) is 4.60.